The van der Waals surface area contributed by atoms with E-state index in [1.165, 1.54) is 22.0 Å². The minimum Gasteiger partial charge on any atom is -0.419 e. The minimum atomic E-state index is -0.142. The van der Waals surface area contributed by atoms with Gasteiger partial charge in [-0.3, -0.25) is 0 Å². The molecule has 0 unspecified atom stereocenters. The molecule has 2 aromatic heterocycles. The highest BCUT2D eigenvalue weighted by atomic mass is 35.5. The molecule has 9 heteroatoms. The Morgan fingerprint density at radius 1 is 0.964 bits per heavy atom. The number of thioether (sulfide) groups is 1. The average Bonchev–Trinajstić information content (AvgIpc) is 3.31. The molecule has 0 amide bonds. The number of rotatable bonds is 5. The number of hydrogen-bond donors (Lipinski definition) is 1. The summed E-state index contributed by atoms with van der Waals surface area (Å²) < 4.78 is 7.28. The van der Waals surface area contributed by atoms with E-state index in [1.807, 2.05) is 50.2 Å². The third-order valence-corrected chi connectivity index (χ3v) is 5.43. The lowest BCUT2D eigenvalue weighted by Crippen LogP contribution is -2.12. The van der Waals surface area contributed by atoms with Crippen molar-refractivity contribution >= 4 is 23.4 Å². The molecule has 2 N–H and O–H groups in total. The number of aromatic nitrogens is 5. The van der Waals surface area contributed by atoms with Crippen LogP contribution in [0, 0.1) is 6.92 Å². The molecule has 0 saturated heterocycles. The van der Waals surface area contributed by atoms with Gasteiger partial charge in [-0.05, 0) is 50.2 Å². The summed E-state index contributed by atoms with van der Waals surface area (Å²) in [4.78, 5) is 0. The van der Waals surface area contributed by atoms with Gasteiger partial charge in [-0.1, -0.05) is 41.1 Å². The maximum atomic E-state index is 6.18. The number of aryl methyl sites for hydroxylation is 1. The van der Waals surface area contributed by atoms with Crippen molar-refractivity contribution in [3.05, 3.63) is 65.0 Å². The third-order valence-electron chi connectivity index (χ3n) is 4.14. The van der Waals surface area contributed by atoms with Gasteiger partial charge in [-0.15, -0.1) is 20.4 Å². The first-order valence-corrected chi connectivity index (χ1v) is 9.80. The Balaban J connectivity index is 1.52. The first-order chi connectivity index (χ1) is 13.5. The number of nitrogen functional groups attached to an aromatic ring is 1. The van der Waals surface area contributed by atoms with Crippen molar-refractivity contribution in [1.29, 1.82) is 0 Å². The molecule has 28 heavy (non-hydrogen) atoms. The molecule has 0 aliphatic rings. The van der Waals surface area contributed by atoms with E-state index in [-0.39, 0.29) is 5.25 Å². The lowest BCUT2D eigenvalue weighted by molar-refractivity contribution is 0.509. The van der Waals surface area contributed by atoms with Crippen molar-refractivity contribution in [2.75, 3.05) is 5.84 Å². The molecule has 7 nitrogen and oxygen atoms in total. The van der Waals surface area contributed by atoms with Crippen molar-refractivity contribution in [2.45, 2.75) is 24.3 Å². The van der Waals surface area contributed by atoms with Crippen LogP contribution in [-0.2, 0) is 0 Å². The van der Waals surface area contributed by atoms with E-state index in [0.717, 1.165) is 11.1 Å². The van der Waals surface area contributed by atoms with Crippen molar-refractivity contribution in [3.8, 4) is 22.8 Å². The van der Waals surface area contributed by atoms with Crippen LogP contribution in [0.1, 0.15) is 23.6 Å². The van der Waals surface area contributed by atoms with Crippen LogP contribution in [-0.4, -0.2) is 25.1 Å². The first kappa shape index (κ1) is 18.5. The van der Waals surface area contributed by atoms with E-state index >= 15 is 0 Å². The molecular formula is C19H17ClN6OS. The fourth-order valence-electron chi connectivity index (χ4n) is 2.57. The van der Waals surface area contributed by atoms with Crippen LogP contribution in [0.25, 0.3) is 22.8 Å². The van der Waals surface area contributed by atoms with E-state index in [9.17, 15) is 0 Å². The second kappa shape index (κ2) is 7.65. The summed E-state index contributed by atoms with van der Waals surface area (Å²) in [6.07, 6.45) is 0. The van der Waals surface area contributed by atoms with Crippen molar-refractivity contribution in [3.63, 3.8) is 0 Å². The Morgan fingerprint density at radius 2 is 1.64 bits per heavy atom. The van der Waals surface area contributed by atoms with E-state index in [1.54, 1.807) is 12.1 Å². The Kier molecular flexibility index (Phi) is 5.06. The fraction of sp³-hybridized carbons (Fsp3) is 0.158. The predicted octanol–water partition coefficient (Wildman–Crippen LogP) is 4.52. The highest BCUT2D eigenvalue weighted by Gasteiger charge is 2.20. The highest BCUT2D eigenvalue weighted by molar-refractivity contribution is 7.99. The molecule has 1 atom stereocenters. The van der Waals surface area contributed by atoms with Crippen LogP contribution in [0.4, 0.5) is 0 Å². The topological polar surface area (TPSA) is 95.7 Å². The minimum absolute atomic E-state index is 0.142. The second-order valence-corrected chi connectivity index (χ2v) is 8.00. The molecule has 0 fully saturated rings. The zero-order valence-corrected chi connectivity index (χ0v) is 16.8. The molecule has 0 radical (unpaired) electrons. The fourth-order valence-corrected chi connectivity index (χ4v) is 3.50. The van der Waals surface area contributed by atoms with Crippen LogP contribution in [0.15, 0.2) is 58.1 Å². The number of hydrogen-bond acceptors (Lipinski definition) is 7. The van der Waals surface area contributed by atoms with Crippen molar-refractivity contribution < 1.29 is 4.42 Å². The lowest BCUT2D eigenvalue weighted by Gasteiger charge is -2.07. The van der Waals surface area contributed by atoms with Gasteiger partial charge in [-0.2, -0.15) is 0 Å². The quantitative estimate of drug-likeness (QED) is 0.380. The molecular weight excluding hydrogens is 396 g/mol. The molecule has 4 aromatic rings. The van der Waals surface area contributed by atoms with Gasteiger partial charge in [-0.25, -0.2) is 4.68 Å². The molecule has 2 heterocycles. The zero-order valence-electron chi connectivity index (χ0n) is 15.2. The van der Waals surface area contributed by atoms with Gasteiger partial charge in [0.05, 0.1) is 5.25 Å². The van der Waals surface area contributed by atoms with Crippen molar-refractivity contribution in [1.82, 2.24) is 25.1 Å². The van der Waals surface area contributed by atoms with Crippen LogP contribution in [0.2, 0.25) is 5.02 Å². The maximum Gasteiger partial charge on any atom is 0.247 e. The van der Waals surface area contributed by atoms with Crippen LogP contribution >= 0.6 is 23.4 Å². The van der Waals surface area contributed by atoms with Crippen molar-refractivity contribution in [2.24, 2.45) is 0 Å². The number of halogens is 1. The molecule has 142 valence electrons. The largest absolute Gasteiger partial charge is 0.419 e. The highest BCUT2D eigenvalue weighted by Crippen LogP contribution is 2.35. The SMILES string of the molecule is Cc1ccc(-c2nnc([C@H](C)Sc3nnc(-c4ccc(Cl)cc4)n3N)o2)cc1. The smallest absolute Gasteiger partial charge is 0.247 e. The zero-order chi connectivity index (χ0) is 19.7. The molecule has 0 bridgehead atoms. The monoisotopic (exact) mass is 412 g/mol. The van der Waals surface area contributed by atoms with E-state index < -0.39 is 0 Å². The summed E-state index contributed by atoms with van der Waals surface area (Å²) in [5, 5.41) is 17.7. The Bertz CT molecular complexity index is 1090. The summed E-state index contributed by atoms with van der Waals surface area (Å²) >= 11 is 7.33. The van der Waals surface area contributed by atoms with Crippen LogP contribution in [0.5, 0.6) is 0 Å². The number of benzene rings is 2. The van der Waals surface area contributed by atoms with Gasteiger partial charge in [0.15, 0.2) is 5.82 Å². The summed E-state index contributed by atoms with van der Waals surface area (Å²) in [6.45, 7) is 3.98. The number of nitrogens with zero attached hydrogens (tertiary/aromatic N) is 5. The molecule has 0 aliphatic heterocycles. The summed E-state index contributed by atoms with van der Waals surface area (Å²) in [7, 11) is 0. The maximum absolute atomic E-state index is 6.18. The van der Waals surface area contributed by atoms with Gasteiger partial charge >= 0.3 is 0 Å². The van der Waals surface area contributed by atoms with E-state index in [4.69, 9.17) is 21.9 Å². The molecule has 2 aromatic carbocycles. The molecule has 0 saturated carbocycles. The normalized spacial score (nSPS) is 12.2. The Morgan fingerprint density at radius 3 is 2.36 bits per heavy atom. The molecule has 0 spiro atoms. The standard InChI is InChI=1S/C19H17ClN6OS/c1-11-3-5-14(6-4-11)18-24-23-17(27-18)12(2)28-19-25-22-16(26(19)21)13-7-9-15(20)10-8-13/h3-10,12H,21H2,1-2H3/t12-/m0/s1. The summed E-state index contributed by atoms with van der Waals surface area (Å²) in [5.74, 6) is 7.72. The average molecular weight is 413 g/mol. The van der Waals surface area contributed by atoms with Crippen LogP contribution in [0.3, 0.4) is 0 Å². The lowest BCUT2D eigenvalue weighted by atomic mass is 10.1. The van der Waals surface area contributed by atoms with Gasteiger partial charge in [0, 0.05) is 16.1 Å². The first-order valence-electron chi connectivity index (χ1n) is 8.55. The van der Waals surface area contributed by atoms with Gasteiger partial charge in [0.1, 0.15) is 0 Å². The van der Waals surface area contributed by atoms with Crippen LogP contribution < -0.4 is 5.84 Å². The summed E-state index contributed by atoms with van der Waals surface area (Å²) in [6, 6.07) is 15.2. The predicted molar refractivity (Wildman–Crippen MR) is 109 cm³/mol. The van der Waals surface area contributed by atoms with E-state index in [0.29, 0.717) is 27.8 Å². The molecule has 4 rings (SSSR count). The Labute approximate surface area is 170 Å². The van der Waals surface area contributed by atoms with Gasteiger partial charge in [0.25, 0.3) is 0 Å². The second-order valence-electron chi connectivity index (χ2n) is 6.25. The molecule has 0 aliphatic carbocycles. The van der Waals surface area contributed by atoms with Gasteiger partial charge < -0.3 is 10.3 Å². The van der Waals surface area contributed by atoms with Gasteiger partial charge in [0.2, 0.25) is 16.9 Å². The summed E-state index contributed by atoms with van der Waals surface area (Å²) in [5.41, 5.74) is 2.89. The number of nitrogens with two attached hydrogens (primary N) is 1. The van der Waals surface area contributed by atoms with E-state index in [2.05, 4.69) is 20.4 Å². The Hall–Kier alpha value is -2.84. The third kappa shape index (κ3) is 3.74.